The van der Waals surface area contributed by atoms with E-state index >= 15 is 0 Å². The van der Waals surface area contributed by atoms with Gasteiger partial charge in [0.25, 0.3) is 0 Å². The summed E-state index contributed by atoms with van der Waals surface area (Å²) >= 11 is 0. The highest BCUT2D eigenvalue weighted by Gasteiger charge is 2.48. The summed E-state index contributed by atoms with van der Waals surface area (Å²) in [4.78, 5) is 12.8. The molecule has 1 amide bonds. The van der Waals surface area contributed by atoms with E-state index in [0.717, 1.165) is 0 Å². The van der Waals surface area contributed by atoms with Crippen molar-refractivity contribution in [2.45, 2.75) is 5.54 Å². The third-order valence-electron chi connectivity index (χ3n) is 2.47. The molecule has 0 radical (unpaired) electrons. The molecule has 2 aliphatic heterocycles. The molecule has 5 nitrogen and oxygen atoms in total. The third-order valence-corrected chi connectivity index (χ3v) is 2.47. The van der Waals surface area contributed by atoms with Crippen LogP contribution in [0.4, 0.5) is 4.79 Å². The summed E-state index contributed by atoms with van der Waals surface area (Å²) in [7, 11) is 0. The fourth-order valence-electron chi connectivity index (χ4n) is 1.64. The summed E-state index contributed by atoms with van der Waals surface area (Å²) in [5.41, 5.74) is 5.21. The molecule has 2 N–H and O–H groups in total. The van der Waals surface area contributed by atoms with Gasteiger partial charge in [-0.15, -0.1) is 0 Å². The van der Waals surface area contributed by atoms with E-state index in [1.165, 1.54) is 0 Å². The number of carbonyl (C=O) groups excluding carboxylic acids is 1. The Morgan fingerprint density at radius 2 is 2.42 bits per heavy atom. The van der Waals surface area contributed by atoms with Crippen LogP contribution in [0.3, 0.4) is 0 Å². The molecule has 0 aliphatic carbocycles. The van der Waals surface area contributed by atoms with Crippen LogP contribution >= 0.6 is 0 Å². The molecule has 2 heterocycles. The number of rotatable bonds is 1. The second-order valence-electron chi connectivity index (χ2n) is 3.19. The average molecular weight is 172 g/mol. The number of hydrogen-bond acceptors (Lipinski definition) is 4. The monoisotopic (exact) mass is 172 g/mol. The van der Waals surface area contributed by atoms with Gasteiger partial charge < -0.3 is 15.2 Å². The molecule has 5 heteroatoms. The van der Waals surface area contributed by atoms with E-state index in [1.54, 1.807) is 4.90 Å². The van der Waals surface area contributed by atoms with E-state index in [4.69, 9.17) is 15.2 Å². The Labute approximate surface area is 70.4 Å². The topological polar surface area (TPSA) is 64.8 Å². The Morgan fingerprint density at radius 1 is 1.58 bits per heavy atom. The van der Waals surface area contributed by atoms with E-state index < -0.39 is 0 Å². The van der Waals surface area contributed by atoms with Crippen molar-refractivity contribution in [2.75, 3.05) is 32.9 Å². The fraction of sp³-hybridized carbons (Fsp3) is 0.857. The van der Waals surface area contributed by atoms with Crippen LogP contribution in [-0.4, -0.2) is 49.4 Å². The Bertz CT molecular complexity index is 209. The van der Waals surface area contributed by atoms with Crippen molar-refractivity contribution in [2.24, 2.45) is 5.73 Å². The molecule has 2 saturated heterocycles. The van der Waals surface area contributed by atoms with Crippen molar-refractivity contribution in [1.29, 1.82) is 0 Å². The quantitative estimate of drug-likeness (QED) is 0.560. The summed E-state index contributed by atoms with van der Waals surface area (Å²) in [6.07, 6.45) is -0.260. The zero-order valence-electron chi connectivity index (χ0n) is 6.78. The lowest BCUT2D eigenvalue weighted by Gasteiger charge is -2.37. The van der Waals surface area contributed by atoms with Crippen LogP contribution in [0.25, 0.3) is 0 Å². The van der Waals surface area contributed by atoms with Gasteiger partial charge in [-0.05, 0) is 0 Å². The van der Waals surface area contributed by atoms with E-state index in [1.807, 2.05) is 0 Å². The van der Waals surface area contributed by atoms with Gasteiger partial charge in [0.15, 0.2) is 0 Å². The van der Waals surface area contributed by atoms with Gasteiger partial charge in [-0.25, -0.2) is 4.79 Å². The summed E-state index contributed by atoms with van der Waals surface area (Å²) in [5, 5.41) is 0. The number of ether oxygens (including phenoxy) is 2. The zero-order chi connectivity index (χ0) is 8.60. The highest BCUT2D eigenvalue weighted by Crippen LogP contribution is 2.26. The van der Waals surface area contributed by atoms with Gasteiger partial charge in [-0.2, -0.15) is 0 Å². The first-order valence-electron chi connectivity index (χ1n) is 4.01. The number of amides is 1. The molecule has 0 aromatic carbocycles. The van der Waals surface area contributed by atoms with Crippen molar-refractivity contribution in [1.82, 2.24) is 4.90 Å². The van der Waals surface area contributed by atoms with Gasteiger partial charge >= 0.3 is 6.09 Å². The molecule has 2 rings (SSSR count). The minimum atomic E-state index is -0.380. The van der Waals surface area contributed by atoms with Crippen LogP contribution in [-0.2, 0) is 9.47 Å². The van der Waals surface area contributed by atoms with Gasteiger partial charge in [0, 0.05) is 13.1 Å². The predicted octanol–water partition coefficient (Wildman–Crippen LogP) is -0.834. The van der Waals surface area contributed by atoms with E-state index in [0.29, 0.717) is 32.9 Å². The van der Waals surface area contributed by atoms with Crippen LogP contribution in [0, 0.1) is 0 Å². The maximum atomic E-state index is 11.2. The number of morpholine rings is 1. The second-order valence-corrected chi connectivity index (χ2v) is 3.19. The predicted molar refractivity (Wildman–Crippen MR) is 40.7 cm³/mol. The first-order chi connectivity index (χ1) is 5.78. The molecule has 1 unspecified atom stereocenters. The third kappa shape index (κ3) is 0.899. The van der Waals surface area contributed by atoms with Crippen LogP contribution < -0.4 is 5.73 Å². The first-order valence-corrected chi connectivity index (χ1v) is 4.01. The molecule has 2 fully saturated rings. The number of cyclic esters (lactones) is 1. The lowest BCUT2D eigenvalue weighted by Crippen LogP contribution is -2.59. The minimum absolute atomic E-state index is 0.260. The van der Waals surface area contributed by atoms with Gasteiger partial charge in [0.1, 0.15) is 12.1 Å². The maximum absolute atomic E-state index is 11.2. The van der Waals surface area contributed by atoms with E-state index in [2.05, 4.69) is 0 Å². The molecule has 12 heavy (non-hydrogen) atoms. The molecule has 0 bridgehead atoms. The summed E-state index contributed by atoms with van der Waals surface area (Å²) in [6, 6.07) is 0. The van der Waals surface area contributed by atoms with Crippen molar-refractivity contribution in [3.63, 3.8) is 0 Å². The van der Waals surface area contributed by atoms with Crippen molar-refractivity contribution in [3.05, 3.63) is 0 Å². The van der Waals surface area contributed by atoms with E-state index in [9.17, 15) is 4.79 Å². The molecule has 0 aromatic rings. The Morgan fingerprint density at radius 3 is 3.08 bits per heavy atom. The lowest BCUT2D eigenvalue weighted by molar-refractivity contribution is -0.0227. The highest BCUT2D eigenvalue weighted by atomic mass is 16.6. The molecule has 68 valence electrons. The second kappa shape index (κ2) is 2.60. The standard InChI is InChI=1S/C7H12N2O3/c8-3-7-4-11-2-1-9(7)6(10)12-5-7/h1-5,8H2. The van der Waals surface area contributed by atoms with Gasteiger partial charge in [0.2, 0.25) is 0 Å². The largest absolute Gasteiger partial charge is 0.447 e. The SMILES string of the molecule is NCC12COCCN1C(=O)OC2. The highest BCUT2D eigenvalue weighted by molar-refractivity contribution is 5.71. The number of nitrogens with two attached hydrogens (primary N) is 1. The molecule has 0 saturated carbocycles. The average Bonchev–Trinajstić information content (AvgIpc) is 2.46. The summed E-state index contributed by atoms with van der Waals surface area (Å²) in [5.74, 6) is 0. The molecular formula is C7H12N2O3. The van der Waals surface area contributed by atoms with Crippen LogP contribution in [0.1, 0.15) is 0 Å². The summed E-state index contributed by atoms with van der Waals surface area (Å²) < 4.78 is 10.2. The molecule has 1 atom stereocenters. The zero-order valence-corrected chi connectivity index (χ0v) is 6.78. The van der Waals surface area contributed by atoms with Crippen molar-refractivity contribution >= 4 is 6.09 Å². The molecule has 2 aliphatic rings. The smallest absolute Gasteiger partial charge is 0.410 e. The van der Waals surface area contributed by atoms with E-state index in [-0.39, 0.29) is 11.6 Å². The number of carbonyl (C=O) groups is 1. The van der Waals surface area contributed by atoms with Crippen LogP contribution in [0.15, 0.2) is 0 Å². The molecular weight excluding hydrogens is 160 g/mol. The fourth-order valence-corrected chi connectivity index (χ4v) is 1.64. The van der Waals surface area contributed by atoms with Crippen LogP contribution in [0.5, 0.6) is 0 Å². The van der Waals surface area contributed by atoms with Gasteiger partial charge in [-0.1, -0.05) is 0 Å². The minimum Gasteiger partial charge on any atom is -0.447 e. The molecule has 0 aromatic heterocycles. The maximum Gasteiger partial charge on any atom is 0.410 e. The molecule has 0 spiro atoms. The normalized spacial score (nSPS) is 34.8. The van der Waals surface area contributed by atoms with Gasteiger partial charge in [-0.3, -0.25) is 4.90 Å². The number of nitrogens with zero attached hydrogens (tertiary/aromatic N) is 1. The number of fused-ring (bicyclic) bond motifs is 1. The lowest BCUT2D eigenvalue weighted by atomic mass is 10.0. The first kappa shape index (κ1) is 7.82. The summed E-state index contributed by atoms with van der Waals surface area (Å²) in [6.45, 7) is 2.43. The van der Waals surface area contributed by atoms with Gasteiger partial charge in [0.05, 0.1) is 13.2 Å². The number of hydrogen-bond donors (Lipinski definition) is 1. The van der Waals surface area contributed by atoms with Crippen LogP contribution in [0.2, 0.25) is 0 Å². The Balaban J connectivity index is 2.22. The Kier molecular flexibility index (Phi) is 1.69. The van der Waals surface area contributed by atoms with Crippen molar-refractivity contribution in [3.8, 4) is 0 Å². The Hall–Kier alpha value is -0.810. The van der Waals surface area contributed by atoms with Crippen molar-refractivity contribution < 1.29 is 14.3 Å².